The van der Waals surface area contributed by atoms with Crippen molar-refractivity contribution < 1.29 is 14.7 Å². The molecule has 0 aromatic carbocycles. The molecule has 1 fully saturated rings. The van der Waals surface area contributed by atoms with Crippen molar-refractivity contribution >= 4 is 11.9 Å². The molecule has 0 aromatic heterocycles. The molecule has 0 bridgehead atoms. The third-order valence-corrected chi connectivity index (χ3v) is 3.24. The highest BCUT2D eigenvalue weighted by Crippen LogP contribution is 2.20. The van der Waals surface area contributed by atoms with Gasteiger partial charge in [-0.25, -0.2) is 0 Å². The average Bonchev–Trinajstić information content (AvgIpc) is 2.27. The molecule has 2 atom stereocenters. The van der Waals surface area contributed by atoms with Crippen molar-refractivity contribution in [2.24, 2.45) is 11.8 Å². The first-order chi connectivity index (χ1) is 8.92. The zero-order valence-corrected chi connectivity index (χ0v) is 11.4. The van der Waals surface area contributed by atoms with Gasteiger partial charge in [0.2, 0.25) is 5.91 Å². The lowest BCUT2D eigenvalue weighted by atomic mass is 9.91. The van der Waals surface area contributed by atoms with Gasteiger partial charge < -0.3 is 10.4 Å². The number of piperidine rings is 1. The van der Waals surface area contributed by atoms with Gasteiger partial charge in [0, 0.05) is 31.5 Å². The molecule has 0 radical (unpaired) electrons. The molecule has 1 amide bonds. The minimum absolute atomic E-state index is 0.0166. The summed E-state index contributed by atoms with van der Waals surface area (Å²) in [7, 11) is 0. The van der Waals surface area contributed by atoms with Crippen LogP contribution in [0.5, 0.6) is 0 Å². The molecule has 106 valence electrons. The fourth-order valence-corrected chi connectivity index (χ4v) is 2.40. The monoisotopic (exact) mass is 267 g/mol. The van der Waals surface area contributed by atoms with Crippen LogP contribution in [0, 0.1) is 23.2 Å². The molecule has 1 heterocycles. The number of nitriles is 1. The van der Waals surface area contributed by atoms with E-state index >= 15 is 0 Å². The van der Waals surface area contributed by atoms with E-state index in [0.29, 0.717) is 19.5 Å². The van der Waals surface area contributed by atoms with Crippen LogP contribution in [0.15, 0.2) is 0 Å². The summed E-state index contributed by atoms with van der Waals surface area (Å²) in [6.45, 7) is 5.13. The van der Waals surface area contributed by atoms with Crippen LogP contribution >= 0.6 is 0 Å². The van der Waals surface area contributed by atoms with Crippen molar-refractivity contribution in [2.75, 3.05) is 19.6 Å². The third-order valence-electron chi connectivity index (χ3n) is 3.24. The highest BCUT2D eigenvalue weighted by molar-refractivity contribution is 5.78. The molecule has 2 unspecified atom stereocenters. The van der Waals surface area contributed by atoms with Crippen molar-refractivity contribution in [3.05, 3.63) is 0 Å². The summed E-state index contributed by atoms with van der Waals surface area (Å²) < 4.78 is 0. The van der Waals surface area contributed by atoms with Gasteiger partial charge in [-0.2, -0.15) is 5.26 Å². The molecule has 1 aliphatic heterocycles. The number of hydrogen-bond acceptors (Lipinski definition) is 4. The second-order valence-electron chi connectivity index (χ2n) is 5.41. The van der Waals surface area contributed by atoms with Crippen LogP contribution in [0.25, 0.3) is 0 Å². The Kier molecular flexibility index (Phi) is 5.77. The first kappa shape index (κ1) is 15.4. The van der Waals surface area contributed by atoms with Gasteiger partial charge in [-0.1, -0.05) is 13.8 Å². The van der Waals surface area contributed by atoms with Crippen LogP contribution in [0.3, 0.4) is 0 Å². The Hall–Kier alpha value is -1.61. The number of carboxylic acids is 1. The number of nitrogens with one attached hydrogen (secondary N) is 1. The molecule has 6 nitrogen and oxygen atoms in total. The number of rotatable bonds is 5. The summed E-state index contributed by atoms with van der Waals surface area (Å²) in [6, 6.07) is 2.01. The fourth-order valence-electron chi connectivity index (χ4n) is 2.40. The van der Waals surface area contributed by atoms with Crippen LogP contribution in [0.1, 0.15) is 26.7 Å². The topological polar surface area (TPSA) is 93.4 Å². The quantitative estimate of drug-likeness (QED) is 0.705. The summed E-state index contributed by atoms with van der Waals surface area (Å²) in [5, 5.41) is 20.5. The molecule has 1 aliphatic rings. The minimum Gasteiger partial charge on any atom is -0.481 e. The number of carbonyl (C=O) groups is 2. The van der Waals surface area contributed by atoms with Crippen LogP contribution in [0.4, 0.5) is 0 Å². The molecule has 0 aliphatic carbocycles. The van der Waals surface area contributed by atoms with E-state index in [1.165, 1.54) is 0 Å². The number of carboxylic acid groups (broad SMARTS) is 1. The van der Waals surface area contributed by atoms with E-state index in [-0.39, 0.29) is 36.8 Å². The molecule has 1 saturated heterocycles. The molecule has 6 heteroatoms. The summed E-state index contributed by atoms with van der Waals surface area (Å²) >= 11 is 0. The van der Waals surface area contributed by atoms with Crippen LogP contribution in [0.2, 0.25) is 0 Å². The summed E-state index contributed by atoms with van der Waals surface area (Å²) in [4.78, 5) is 24.4. The lowest BCUT2D eigenvalue weighted by molar-refractivity contribution is -0.138. The van der Waals surface area contributed by atoms with E-state index in [2.05, 4.69) is 11.4 Å². The zero-order valence-electron chi connectivity index (χ0n) is 11.4. The van der Waals surface area contributed by atoms with Gasteiger partial charge in [0.25, 0.3) is 0 Å². The van der Waals surface area contributed by atoms with Gasteiger partial charge >= 0.3 is 5.97 Å². The maximum absolute atomic E-state index is 11.7. The molecule has 1 rings (SSSR count). The van der Waals surface area contributed by atoms with E-state index in [1.807, 2.05) is 18.7 Å². The second-order valence-corrected chi connectivity index (χ2v) is 5.41. The number of likely N-dealkylation sites (tertiary alicyclic amines) is 1. The third kappa shape index (κ3) is 5.26. The number of amides is 1. The van der Waals surface area contributed by atoms with Crippen LogP contribution in [-0.4, -0.2) is 47.6 Å². The Labute approximate surface area is 113 Å². The lowest BCUT2D eigenvalue weighted by Crippen LogP contribution is -2.51. The van der Waals surface area contributed by atoms with Crippen LogP contribution < -0.4 is 5.32 Å². The second kappa shape index (κ2) is 7.10. The Balaban J connectivity index is 2.62. The van der Waals surface area contributed by atoms with Crippen molar-refractivity contribution in [2.45, 2.75) is 32.7 Å². The van der Waals surface area contributed by atoms with Gasteiger partial charge in [-0.3, -0.25) is 14.5 Å². The van der Waals surface area contributed by atoms with Gasteiger partial charge in [0.05, 0.1) is 12.6 Å². The number of aliphatic carboxylic acids is 1. The molecule has 0 saturated carbocycles. The van der Waals surface area contributed by atoms with Crippen molar-refractivity contribution in [3.8, 4) is 6.07 Å². The normalized spacial score (nSPS) is 23.9. The van der Waals surface area contributed by atoms with Crippen molar-refractivity contribution in [3.63, 3.8) is 0 Å². The zero-order chi connectivity index (χ0) is 14.4. The summed E-state index contributed by atoms with van der Waals surface area (Å²) in [5.74, 6) is -0.975. The first-order valence-electron chi connectivity index (χ1n) is 6.53. The van der Waals surface area contributed by atoms with Gasteiger partial charge in [0.15, 0.2) is 0 Å². The first-order valence-corrected chi connectivity index (χ1v) is 6.53. The predicted octanol–water partition coefficient (Wildman–Crippen LogP) is 0.447. The minimum atomic E-state index is -0.835. The Morgan fingerprint density at radius 3 is 2.68 bits per heavy atom. The van der Waals surface area contributed by atoms with E-state index in [0.717, 1.165) is 0 Å². The average molecular weight is 267 g/mol. The molecule has 2 N–H and O–H groups in total. The van der Waals surface area contributed by atoms with Crippen molar-refractivity contribution in [1.29, 1.82) is 5.26 Å². The highest BCUT2D eigenvalue weighted by Gasteiger charge is 2.29. The summed E-state index contributed by atoms with van der Waals surface area (Å²) in [5.41, 5.74) is 0. The van der Waals surface area contributed by atoms with E-state index in [9.17, 15) is 9.59 Å². The Morgan fingerprint density at radius 2 is 2.16 bits per heavy atom. The van der Waals surface area contributed by atoms with E-state index in [1.54, 1.807) is 0 Å². The highest BCUT2D eigenvalue weighted by atomic mass is 16.4. The maximum Gasteiger partial charge on any atom is 0.303 e. The van der Waals surface area contributed by atoms with Gasteiger partial charge in [-0.15, -0.1) is 0 Å². The SMILES string of the molecule is CC(C)C(=O)NC1CC(CC(=O)O)CN(CC#N)C1. The predicted molar refractivity (Wildman–Crippen MR) is 69.2 cm³/mol. The molecule has 0 aromatic rings. The molecule has 19 heavy (non-hydrogen) atoms. The standard InChI is InChI=1S/C13H21N3O3/c1-9(2)13(19)15-11-5-10(6-12(17)18)7-16(8-11)4-3-14/h9-11H,4-8H2,1-2H3,(H,15,19)(H,17,18). The number of carbonyl (C=O) groups excluding carboxylic acids is 1. The molecular formula is C13H21N3O3. The Morgan fingerprint density at radius 1 is 1.47 bits per heavy atom. The lowest BCUT2D eigenvalue weighted by Gasteiger charge is -2.36. The largest absolute Gasteiger partial charge is 0.481 e. The number of hydrogen-bond donors (Lipinski definition) is 2. The summed E-state index contributed by atoms with van der Waals surface area (Å²) in [6.07, 6.45) is 0.739. The molecule has 0 spiro atoms. The van der Waals surface area contributed by atoms with Gasteiger partial charge in [-0.05, 0) is 12.3 Å². The van der Waals surface area contributed by atoms with Crippen LogP contribution in [-0.2, 0) is 9.59 Å². The van der Waals surface area contributed by atoms with Crippen molar-refractivity contribution in [1.82, 2.24) is 10.2 Å². The van der Waals surface area contributed by atoms with E-state index < -0.39 is 5.97 Å². The van der Waals surface area contributed by atoms with E-state index in [4.69, 9.17) is 10.4 Å². The Bertz CT molecular complexity index is 376. The molecular weight excluding hydrogens is 246 g/mol. The smallest absolute Gasteiger partial charge is 0.303 e. The van der Waals surface area contributed by atoms with Gasteiger partial charge in [0.1, 0.15) is 0 Å². The maximum atomic E-state index is 11.7. The fraction of sp³-hybridized carbons (Fsp3) is 0.769. The number of nitrogens with zero attached hydrogens (tertiary/aromatic N) is 2.